The highest BCUT2D eigenvalue weighted by Gasteiger charge is 2.34. The lowest BCUT2D eigenvalue weighted by Gasteiger charge is -2.35. The normalized spacial score (nSPS) is 16.0. The van der Waals surface area contributed by atoms with Gasteiger partial charge in [0.05, 0.1) is 12.3 Å². The third kappa shape index (κ3) is 7.00. The third-order valence-electron chi connectivity index (χ3n) is 4.65. The summed E-state index contributed by atoms with van der Waals surface area (Å²) < 4.78 is 19.7. The average molecular weight is 437 g/mol. The molecule has 0 aromatic heterocycles. The van der Waals surface area contributed by atoms with E-state index in [1.165, 1.54) is 17.0 Å². The number of carbonyl (C=O) groups excluding carboxylic acids is 3. The van der Waals surface area contributed by atoms with Crippen molar-refractivity contribution in [3.05, 3.63) is 24.0 Å². The van der Waals surface area contributed by atoms with Gasteiger partial charge in [0.15, 0.2) is 6.04 Å². The van der Waals surface area contributed by atoms with Gasteiger partial charge in [-0.05, 0) is 29.5 Å². The molecule has 2 rings (SSSR count). The second kappa shape index (κ2) is 10.2. The van der Waals surface area contributed by atoms with Crippen molar-refractivity contribution in [2.75, 3.05) is 43.1 Å². The molecule has 172 valence electrons. The summed E-state index contributed by atoms with van der Waals surface area (Å²) in [4.78, 5) is 40.2. The topological polar surface area (TPSA) is 105 Å². The fraction of sp³-hybridized carbons (Fsp3) is 0.591. The lowest BCUT2D eigenvalue weighted by atomic mass is 9.94. The van der Waals surface area contributed by atoms with Crippen molar-refractivity contribution in [2.45, 2.75) is 40.7 Å². The van der Waals surface area contributed by atoms with E-state index in [0.29, 0.717) is 19.7 Å². The molecule has 0 saturated carbocycles. The number of anilines is 2. The van der Waals surface area contributed by atoms with Crippen LogP contribution < -0.4 is 16.0 Å². The maximum atomic E-state index is 14.7. The van der Waals surface area contributed by atoms with Crippen LogP contribution in [0.3, 0.4) is 0 Å². The SMILES string of the molecule is CC(C)CN(CC(C)(C)C)[C@@H](C(N)=O)C(=O)Nc1ccc(N2CCOCC2=O)c(F)c1. The molecule has 9 heteroatoms. The van der Waals surface area contributed by atoms with Crippen molar-refractivity contribution >= 4 is 29.1 Å². The van der Waals surface area contributed by atoms with E-state index in [0.717, 1.165) is 6.07 Å². The quantitative estimate of drug-likeness (QED) is 0.607. The first kappa shape index (κ1) is 24.7. The zero-order valence-corrected chi connectivity index (χ0v) is 18.9. The number of nitrogens with one attached hydrogen (secondary N) is 1. The average Bonchev–Trinajstić information content (AvgIpc) is 2.60. The molecule has 31 heavy (non-hydrogen) atoms. The van der Waals surface area contributed by atoms with E-state index < -0.39 is 23.7 Å². The standard InChI is InChI=1S/C22H33FN4O4/c1-14(2)11-26(13-22(3,4)5)19(20(24)29)21(30)25-15-6-7-17(16(23)10-15)27-8-9-31-12-18(27)28/h6-7,10,14,19H,8-9,11-13H2,1-5H3,(H2,24,29)(H,25,30)/t19-/m0/s1. The first-order valence-corrected chi connectivity index (χ1v) is 10.4. The fourth-order valence-corrected chi connectivity index (χ4v) is 3.60. The predicted molar refractivity (Wildman–Crippen MR) is 117 cm³/mol. The van der Waals surface area contributed by atoms with Crippen molar-refractivity contribution in [3.63, 3.8) is 0 Å². The number of benzene rings is 1. The molecule has 1 saturated heterocycles. The van der Waals surface area contributed by atoms with Gasteiger partial charge in [0, 0.05) is 25.3 Å². The Morgan fingerprint density at radius 1 is 1.32 bits per heavy atom. The summed E-state index contributed by atoms with van der Waals surface area (Å²) in [5.41, 5.74) is 5.71. The van der Waals surface area contributed by atoms with Gasteiger partial charge in [-0.3, -0.25) is 19.3 Å². The maximum absolute atomic E-state index is 14.7. The van der Waals surface area contributed by atoms with Crippen LogP contribution in [0.15, 0.2) is 18.2 Å². The highest BCUT2D eigenvalue weighted by molar-refractivity contribution is 6.09. The molecule has 0 radical (unpaired) electrons. The molecule has 0 bridgehead atoms. The maximum Gasteiger partial charge on any atom is 0.253 e. The Morgan fingerprint density at radius 3 is 2.52 bits per heavy atom. The molecule has 0 aliphatic carbocycles. The molecule has 3 N–H and O–H groups in total. The highest BCUT2D eigenvalue weighted by atomic mass is 19.1. The summed E-state index contributed by atoms with van der Waals surface area (Å²) in [7, 11) is 0. The summed E-state index contributed by atoms with van der Waals surface area (Å²) in [6.07, 6.45) is 0. The molecule has 1 atom stereocenters. The highest BCUT2D eigenvalue weighted by Crippen LogP contribution is 2.25. The van der Waals surface area contributed by atoms with Crippen LogP contribution in [0.1, 0.15) is 34.6 Å². The monoisotopic (exact) mass is 436 g/mol. The second-order valence-corrected chi connectivity index (χ2v) is 9.44. The number of hydrogen-bond donors (Lipinski definition) is 2. The second-order valence-electron chi connectivity index (χ2n) is 9.44. The van der Waals surface area contributed by atoms with Gasteiger partial charge < -0.3 is 20.7 Å². The lowest BCUT2D eigenvalue weighted by Crippen LogP contribution is -2.55. The molecule has 1 aliphatic heterocycles. The Hall–Kier alpha value is -2.52. The van der Waals surface area contributed by atoms with Crippen LogP contribution in [0.25, 0.3) is 0 Å². The van der Waals surface area contributed by atoms with Gasteiger partial charge in [0.1, 0.15) is 12.4 Å². The Bertz CT molecular complexity index is 822. The first-order valence-electron chi connectivity index (χ1n) is 10.4. The van der Waals surface area contributed by atoms with Gasteiger partial charge >= 0.3 is 0 Å². The fourth-order valence-electron chi connectivity index (χ4n) is 3.60. The van der Waals surface area contributed by atoms with Crippen LogP contribution in [-0.4, -0.2) is 61.5 Å². The molecule has 8 nitrogen and oxygen atoms in total. The molecular weight excluding hydrogens is 403 g/mol. The van der Waals surface area contributed by atoms with Gasteiger partial charge in [0.25, 0.3) is 11.8 Å². The number of amides is 3. The Balaban J connectivity index is 2.22. The number of primary amides is 1. The van der Waals surface area contributed by atoms with E-state index in [2.05, 4.69) is 5.32 Å². The van der Waals surface area contributed by atoms with Gasteiger partial charge in [-0.2, -0.15) is 0 Å². The Kier molecular flexibility index (Phi) is 8.14. The largest absolute Gasteiger partial charge is 0.370 e. The number of halogens is 1. The predicted octanol–water partition coefficient (Wildman–Crippen LogP) is 1.99. The number of carbonyl (C=O) groups is 3. The first-order chi connectivity index (χ1) is 14.4. The van der Waals surface area contributed by atoms with Crippen LogP contribution in [0.5, 0.6) is 0 Å². The summed E-state index contributed by atoms with van der Waals surface area (Å²) in [5, 5.41) is 2.60. The molecule has 1 fully saturated rings. The minimum absolute atomic E-state index is 0.0995. The van der Waals surface area contributed by atoms with E-state index in [9.17, 15) is 18.8 Å². The van der Waals surface area contributed by atoms with Gasteiger partial charge in [-0.25, -0.2) is 4.39 Å². The summed E-state index contributed by atoms with van der Waals surface area (Å²) in [6.45, 7) is 11.5. The van der Waals surface area contributed by atoms with E-state index in [1.807, 2.05) is 34.6 Å². The number of rotatable bonds is 8. The van der Waals surface area contributed by atoms with Crippen LogP contribution in [-0.2, 0) is 19.1 Å². The van der Waals surface area contributed by atoms with Gasteiger partial charge in [0.2, 0.25) is 5.91 Å². The van der Waals surface area contributed by atoms with Crippen LogP contribution in [0, 0.1) is 17.2 Å². The minimum Gasteiger partial charge on any atom is -0.370 e. The number of morpholine rings is 1. The molecule has 1 aliphatic rings. The summed E-state index contributed by atoms with van der Waals surface area (Å²) >= 11 is 0. The van der Waals surface area contributed by atoms with E-state index in [1.54, 1.807) is 4.90 Å². The molecule has 1 heterocycles. The lowest BCUT2D eigenvalue weighted by molar-refractivity contribution is -0.133. The third-order valence-corrected chi connectivity index (χ3v) is 4.65. The molecule has 1 aromatic rings. The molecular formula is C22H33FN4O4. The van der Waals surface area contributed by atoms with Gasteiger partial charge in [-0.1, -0.05) is 34.6 Å². The smallest absolute Gasteiger partial charge is 0.253 e. The number of nitrogens with two attached hydrogens (primary N) is 1. The summed E-state index contributed by atoms with van der Waals surface area (Å²) in [6, 6.07) is 2.86. The zero-order valence-electron chi connectivity index (χ0n) is 18.9. The number of nitrogens with zero attached hydrogens (tertiary/aromatic N) is 2. The number of hydrogen-bond acceptors (Lipinski definition) is 5. The molecule has 0 unspecified atom stereocenters. The van der Waals surface area contributed by atoms with Crippen molar-refractivity contribution in [2.24, 2.45) is 17.1 Å². The zero-order chi connectivity index (χ0) is 23.3. The van der Waals surface area contributed by atoms with Crippen molar-refractivity contribution in [1.82, 2.24) is 4.90 Å². The van der Waals surface area contributed by atoms with Crippen LogP contribution >= 0.6 is 0 Å². The van der Waals surface area contributed by atoms with E-state index in [-0.39, 0.29) is 41.8 Å². The van der Waals surface area contributed by atoms with E-state index >= 15 is 0 Å². The van der Waals surface area contributed by atoms with E-state index in [4.69, 9.17) is 10.5 Å². The molecule has 0 spiro atoms. The Labute approximate surface area is 182 Å². The molecule has 3 amide bonds. The minimum atomic E-state index is -1.19. The van der Waals surface area contributed by atoms with Gasteiger partial charge in [-0.15, -0.1) is 0 Å². The number of ether oxygens (including phenoxy) is 1. The van der Waals surface area contributed by atoms with Crippen molar-refractivity contribution in [1.29, 1.82) is 0 Å². The van der Waals surface area contributed by atoms with Crippen molar-refractivity contribution in [3.8, 4) is 0 Å². The van der Waals surface area contributed by atoms with Crippen LogP contribution in [0.2, 0.25) is 0 Å². The van der Waals surface area contributed by atoms with Crippen molar-refractivity contribution < 1.29 is 23.5 Å². The summed E-state index contributed by atoms with van der Waals surface area (Å²) in [5.74, 6) is -2.16. The van der Waals surface area contributed by atoms with Crippen LogP contribution in [0.4, 0.5) is 15.8 Å². The Morgan fingerprint density at radius 2 is 2.00 bits per heavy atom. The molecule has 1 aromatic carbocycles.